The SMILES string of the molecule is CC1CCCC(CNC(=O)c2ccc(CN)o2)(N(C)C)C1. The van der Waals surface area contributed by atoms with Crippen LogP contribution < -0.4 is 11.1 Å². The van der Waals surface area contributed by atoms with Gasteiger partial charge in [-0.2, -0.15) is 0 Å². The number of nitrogens with one attached hydrogen (secondary N) is 1. The van der Waals surface area contributed by atoms with Gasteiger partial charge in [-0.15, -0.1) is 0 Å². The molecule has 5 heteroatoms. The summed E-state index contributed by atoms with van der Waals surface area (Å²) < 4.78 is 5.40. The molecule has 0 bridgehead atoms. The number of amides is 1. The van der Waals surface area contributed by atoms with Crippen molar-refractivity contribution < 1.29 is 9.21 Å². The number of furan rings is 1. The first-order valence-electron chi connectivity index (χ1n) is 7.71. The smallest absolute Gasteiger partial charge is 0.287 e. The van der Waals surface area contributed by atoms with Gasteiger partial charge in [-0.25, -0.2) is 0 Å². The fraction of sp³-hybridized carbons (Fsp3) is 0.688. The summed E-state index contributed by atoms with van der Waals surface area (Å²) in [5.41, 5.74) is 5.55. The van der Waals surface area contributed by atoms with Crippen LogP contribution in [0.25, 0.3) is 0 Å². The molecule has 2 rings (SSSR count). The van der Waals surface area contributed by atoms with Crippen LogP contribution in [0.3, 0.4) is 0 Å². The maximum atomic E-state index is 12.2. The molecule has 3 N–H and O–H groups in total. The van der Waals surface area contributed by atoms with Gasteiger partial charge in [0.15, 0.2) is 5.76 Å². The van der Waals surface area contributed by atoms with E-state index in [0.29, 0.717) is 30.5 Å². The van der Waals surface area contributed by atoms with Gasteiger partial charge in [0.1, 0.15) is 5.76 Å². The zero-order valence-electron chi connectivity index (χ0n) is 13.3. The summed E-state index contributed by atoms with van der Waals surface area (Å²) in [5.74, 6) is 1.52. The number of carbonyl (C=O) groups excluding carboxylic acids is 1. The van der Waals surface area contributed by atoms with Crippen LogP contribution in [0.2, 0.25) is 0 Å². The van der Waals surface area contributed by atoms with Gasteiger partial charge >= 0.3 is 0 Å². The minimum atomic E-state index is -0.158. The molecule has 0 aromatic carbocycles. The molecule has 0 saturated heterocycles. The van der Waals surface area contributed by atoms with Gasteiger partial charge < -0.3 is 20.4 Å². The van der Waals surface area contributed by atoms with Gasteiger partial charge in [0.25, 0.3) is 5.91 Å². The number of hydrogen-bond donors (Lipinski definition) is 2. The van der Waals surface area contributed by atoms with E-state index in [9.17, 15) is 4.79 Å². The summed E-state index contributed by atoms with van der Waals surface area (Å²) in [6.07, 6.45) is 4.73. The van der Waals surface area contributed by atoms with Crippen molar-refractivity contribution in [3.8, 4) is 0 Å². The van der Waals surface area contributed by atoms with E-state index in [1.165, 1.54) is 12.8 Å². The van der Waals surface area contributed by atoms with Gasteiger partial charge in [0.2, 0.25) is 0 Å². The van der Waals surface area contributed by atoms with E-state index in [1.807, 2.05) is 0 Å². The van der Waals surface area contributed by atoms with Crippen molar-refractivity contribution in [2.75, 3.05) is 20.6 Å². The molecule has 1 aromatic heterocycles. The topological polar surface area (TPSA) is 71.5 Å². The molecule has 118 valence electrons. The highest BCUT2D eigenvalue weighted by Gasteiger charge is 2.37. The molecule has 2 atom stereocenters. The van der Waals surface area contributed by atoms with Crippen LogP contribution in [0.5, 0.6) is 0 Å². The molecule has 1 aliphatic rings. The molecule has 1 aliphatic carbocycles. The Morgan fingerprint density at radius 2 is 2.29 bits per heavy atom. The van der Waals surface area contributed by atoms with Crippen LogP contribution in [-0.2, 0) is 6.54 Å². The van der Waals surface area contributed by atoms with E-state index in [0.717, 1.165) is 12.8 Å². The van der Waals surface area contributed by atoms with Crippen molar-refractivity contribution in [2.24, 2.45) is 11.7 Å². The van der Waals surface area contributed by atoms with E-state index in [1.54, 1.807) is 12.1 Å². The first-order valence-corrected chi connectivity index (χ1v) is 7.71. The Hall–Kier alpha value is -1.33. The molecule has 1 heterocycles. The largest absolute Gasteiger partial charge is 0.455 e. The summed E-state index contributed by atoms with van der Waals surface area (Å²) in [5, 5.41) is 3.03. The number of likely N-dealkylation sites (N-methyl/N-ethyl adjacent to an activating group) is 1. The summed E-state index contributed by atoms with van der Waals surface area (Å²) in [7, 11) is 4.20. The average molecular weight is 293 g/mol. The zero-order chi connectivity index (χ0) is 15.5. The predicted molar refractivity (Wildman–Crippen MR) is 83.0 cm³/mol. The highest BCUT2D eigenvalue weighted by molar-refractivity contribution is 5.91. The Labute approximate surface area is 126 Å². The summed E-state index contributed by atoms with van der Waals surface area (Å²) in [6.45, 7) is 3.26. The van der Waals surface area contributed by atoms with Crippen LogP contribution >= 0.6 is 0 Å². The summed E-state index contributed by atoms with van der Waals surface area (Å²) >= 11 is 0. The molecule has 1 saturated carbocycles. The monoisotopic (exact) mass is 293 g/mol. The molecular formula is C16H27N3O2. The fourth-order valence-corrected chi connectivity index (χ4v) is 3.30. The van der Waals surface area contributed by atoms with E-state index in [4.69, 9.17) is 10.2 Å². The molecular weight excluding hydrogens is 266 g/mol. The molecule has 5 nitrogen and oxygen atoms in total. The lowest BCUT2D eigenvalue weighted by Crippen LogP contribution is -2.55. The van der Waals surface area contributed by atoms with Crippen molar-refractivity contribution in [3.63, 3.8) is 0 Å². The second kappa shape index (κ2) is 6.62. The molecule has 1 fully saturated rings. The molecule has 0 aliphatic heterocycles. The second-order valence-corrected chi connectivity index (χ2v) is 6.47. The Kier molecular flexibility index (Phi) is 5.06. The lowest BCUT2D eigenvalue weighted by molar-refractivity contribution is 0.0663. The quantitative estimate of drug-likeness (QED) is 0.871. The maximum absolute atomic E-state index is 12.2. The molecule has 0 spiro atoms. The van der Waals surface area contributed by atoms with Crippen molar-refractivity contribution in [2.45, 2.75) is 44.7 Å². The van der Waals surface area contributed by atoms with Crippen LogP contribution in [-0.4, -0.2) is 37.0 Å². The van der Waals surface area contributed by atoms with Crippen LogP contribution in [0.15, 0.2) is 16.5 Å². The fourth-order valence-electron chi connectivity index (χ4n) is 3.30. The first kappa shape index (κ1) is 16.0. The number of rotatable bonds is 5. The number of hydrogen-bond acceptors (Lipinski definition) is 4. The minimum Gasteiger partial charge on any atom is -0.455 e. The van der Waals surface area contributed by atoms with Gasteiger partial charge in [0.05, 0.1) is 6.54 Å². The minimum absolute atomic E-state index is 0.0522. The standard InChI is InChI=1S/C16H27N3O2/c1-12-5-4-8-16(9-12,19(2)3)11-18-15(20)14-7-6-13(10-17)21-14/h6-7,12H,4-5,8-11,17H2,1-3H3,(H,18,20). The Morgan fingerprint density at radius 3 is 2.86 bits per heavy atom. The van der Waals surface area contributed by atoms with Gasteiger partial charge in [0, 0.05) is 12.1 Å². The lowest BCUT2D eigenvalue weighted by Gasteiger charge is -2.45. The van der Waals surface area contributed by atoms with Crippen LogP contribution in [0.4, 0.5) is 0 Å². The average Bonchev–Trinajstić information content (AvgIpc) is 2.93. The highest BCUT2D eigenvalue weighted by Crippen LogP contribution is 2.35. The number of nitrogens with two attached hydrogens (primary N) is 1. The number of carbonyl (C=O) groups is 1. The Balaban J connectivity index is 2.00. The molecule has 21 heavy (non-hydrogen) atoms. The Morgan fingerprint density at radius 1 is 1.52 bits per heavy atom. The highest BCUT2D eigenvalue weighted by atomic mass is 16.4. The lowest BCUT2D eigenvalue weighted by atomic mass is 9.75. The third-order valence-electron chi connectivity index (χ3n) is 4.68. The van der Waals surface area contributed by atoms with Gasteiger partial charge in [-0.1, -0.05) is 19.8 Å². The Bertz CT molecular complexity index is 484. The molecule has 2 unspecified atom stereocenters. The van der Waals surface area contributed by atoms with Crippen molar-refractivity contribution in [1.29, 1.82) is 0 Å². The first-order chi connectivity index (χ1) is 9.97. The summed E-state index contributed by atoms with van der Waals surface area (Å²) in [4.78, 5) is 14.5. The molecule has 1 amide bonds. The van der Waals surface area contributed by atoms with Crippen LogP contribution in [0.1, 0.15) is 48.9 Å². The van der Waals surface area contributed by atoms with E-state index >= 15 is 0 Å². The van der Waals surface area contributed by atoms with Gasteiger partial charge in [-0.3, -0.25) is 4.79 Å². The predicted octanol–water partition coefficient (Wildman–Crippen LogP) is 1.98. The van der Waals surface area contributed by atoms with E-state index < -0.39 is 0 Å². The van der Waals surface area contributed by atoms with E-state index in [-0.39, 0.29) is 11.4 Å². The third-order valence-corrected chi connectivity index (χ3v) is 4.68. The van der Waals surface area contributed by atoms with Crippen molar-refractivity contribution in [1.82, 2.24) is 10.2 Å². The summed E-state index contributed by atoms with van der Waals surface area (Å²) in [6, 6.07) is 3.43. The van der Waals surface area contributed by atoms with E-state index in [2.05, 4.69) is 31.2 Å². The molecule has 0 radical (unpaired) electrons. The zero-order valence-corrected chi connectivity index (χ0v) is 13.3. The molecule has 1 aromatic rings. The maximum Gasteiger partial charge on any atom is 0.287 e. The number of nitrogens with zero attached hydrogens (tertiary/aromatic N) is 1. The normalized spacial score (nSPS) is 26.0. The van der Waals surface area contributed by atoms with Crippen molar-refractivity contribution in [3.05, 3.63) is 23.7 Å². The second-order valence-electron chi connectivity index (χ2n) is 6.47. The van der Waals surface area contributed by atoms with Crippen molar-refractivity contribution >= 4 is 5.91 Å². The third kappa shape index (κ3) is 3.66. The van der Waals surface area contributed by atoms with Gasteiger partial charge in [-0.05, 0) is 45.0 Å². The van der Waals surface area contributed by atoms with Crippen LogP contribution in [0, 0.1) is 5.92 Å².